The maximum Gasteiger partial charge on any atom is 0.0644 e. The summed E-state index contributed by atoms with van der Waals surface area (Å²) in [4.78, 5) is 1.25. The van der Waals surface area contributed by atoms with Crippen molar-refractivity contribution in [2.24, 2.45) is 5.84 Å². The molecule has 2 rings (SSSR count). The first-order valence-corrected chi connectivity index (χ1v) is 8.01. The van der Waals surface area contributed by atoms with Crippen LogP contribution in [0.15, 0.2) is 41.4 Å². The van der Waals surface area contributed by atoms with Crippen molar-refractivity contribution in [2.45, 2.75) is 37.2 Å². The van der Waals surface area contributed by atoms with Crippen LogP contribution in [0.2, 0.25) is 0 Å². The zero-order valence-corrected chi connectivity index (χ0v) is 13.0. The molecule has 5 heteroatoms. The van der Waals surface area contributed by atoms with Crippen molar-refractivity contribution in [1.82, 2.24) is 15.2 Å². The second kappa shape index (κ2) is 6.92. The Hall–Kier alpha value is -1.30. The first kappa shape index (κ1) is 15.1. The molecule has 0 spiro atoms. The minimum absolute atomic E-state index is 0.0779. The molecule has 0 saturated heterocycles. The number of rotatable bonds is 6. The highest BCUT2D eigenvalue weighted by molar-refractivity contribution is 7.98. The number of nitrogens with one attached hydrogen (secondary N) is 1. The Labute approximate surface area is 124 Å². The Balaban J connectivity index is 2.19. The van der Waals surface area contributed by atoms with Crippen LogP contribution in [0.3, 0.4) is 0 Å². The van der Waals surface area contributed by atoms with Crippen LogP contribution < -0.4 is 11.3 Å². The molecule has 1 unspecified atom stereocenters. The van der Waals surface area contributed by atoms with Crippen LogP contribution in [-0.2, 0) is 6.42 Å². The van der Waals surface area contributed by atoms with E-state index < -0.39 is 0 Å². The first-order valence-electron chi connectivity index (χ1n) is 6.78. The highest BCUT2D eigenvalue weighted by Gasteiger charge is 2.15. The van der Waals surface area contributed by atoms with Crippen LogP contribution in [-0.4, -0.2) is 16.0 Å². The minimum Gasteiger partial charge on any atom is -0.271 e. The smallest absolute Gasteiger partial charge is 0.0644 e. The lowest BCUT2D eigenvalue weighted by atomic mass is 10.0. The second-order valence-electron chi connectivity index (χ2n) is 5.05. The van der Waals surface area contributed by atoms with E-state index in [0.717, 1.165) is 12.1 Å². The molecule has 0 fully saturated rings. The van der Waals surface area contributed by atoms with Crippen LogP contribution >= 0.6 is 11.8 Å². The van der Waals surface area contributed by atoms with E-state index in [1.807, 2.05) is 16.9 Å². The van der Waals surface area contributed by atoms with Crippen LogP contribution in [0.25, 0.3) is 0 Å². The monoisotopic (exact) mass is 290 g/mol. The van der Waals surface area contributed by atoms with Crippen molar-refractivity contribution >= 4 is 11.8 Å². The number of thioether (sulfide) groups is 1. The molecular formula is C15H22N4S. The molecule has 1 aromatic carbocycles. The van der Waals surface area contributed by atoms with Gasteiger partial charge in [-0.2, -0.15) is 5.10 Å². The van der Waals surface area contributed by atoms with Crippen molar-refractivity contribution < 1.29 is 0 Å². The Morgan fingerprint density at radius 3 is 2.65 bits per heavy atom. The summed E-state index contributed by atoms with van der Waals surface area (Å²) in [6, 6.07) is 10.9. The molecule has 108 valence electrons. The van der Waals surface area contributed by atoms with Crippen molar-refractivity contribution in [1.29, 1.82) is 0 Å². The summed E-state index contributed by atoms with van der Waals surface area (Å²) in [6.07, 6.45) is 4.89. The summed E-state index contributed by atoms with van der Waals surface area (Å²) >= 11 is 1.74. The quantitative estimate of drug-likeness (QED) is 0.488. The maximum atomic E-state index is 5.75. The van der Waals surface area contributed by atoms with Gasteiger partial charge >= 0.3 is 0 Å². The number of hydrogen-bond acceptors (Lipinski definition) is 4. The van der Waals surface area contributed by atoms with Gasteiger partial charge in [0, 0.05) is 23.6 Å². The predicted octanol–water partition coefficient (Wildman–Crippen LogP) is 2.93. The summed E-state index contributed by atoms with van der Waals surface area (Å²) in [6.45, 7) is 4.25. The van der Waals surface area contributed by atoms with Gasteiger partial charge in [-0.25, -0.2) is 0 Å². The van der Waals surface area contributed by atoms with E-state index in [1.165, 1.54) is 10.5 Å². The predicted molar refractivity (Wildman–Crippen MR) is 84.6 cm³/mol. The van der Waals surface area contributed by atoms with E-state index in [1.54, 1.807) is 11.8 Å². The van der Waals surface area contributed by atoms with Crippen molar-refractivity contribution in [3.63, 3.8) is 0 Å². The van der Waals surface area contributed by atoms with E-state index in [-0.39, 0.29) is 6.04 Å². The van der Waals surface area contributed by atoms with Gasteiger partial charge in [-0.05, 0) is 37.8 Å². The third kappa shape index (κ3) is 3.42. The Kier molecular flexibility index (Phi) is 5.23. The van der Waals surface area contributed by atoms with Crippen LogP contribution in [0, 0.1) is 0 Å². The van der Waals surface area contributed by atoms with Gasteiger partial charge in [0.05, 0.1) is 11.7 Å². The fraction of sp³-hybridized carbons (Fsp3) is 0.400. The molecule has 1 heterocycles. The van der Waals surface area contributed by atoms with Crippen LogP contribution in [0.5, 0.6) is 0 Å². The van der Waals surface area contributed by atoms with Gasteiger partial charge < -0.3 is 0 Å². The fourth-order valence-electron chi connectivity index (χ4n) is 2.20. The van der Waals surface area contributed by atoms with Crippen molar-refractivity contribution in [3.8, 4) is 0 Å². The zero-order valence-electron chi connectivity index (χ0n) is 12.2. The molecule has 0 aliphatic rings. The van der Waals surface area contributed by atoms with Gasteiger partial charge in [0.15, 0.2) is 0 Å². The lowest BCUT2D eigenvalue weighted by Gasteiger charge is -2.18. The summed E-state index contributed by atoms with van der Waals surface area (Å²) in [5.41, 5.74) is 5.19. The molecule has 3 N–H and O–H groups in total. The van der Waals surface area contributed by atoms with E-state index in [4.69, 9.17) is 5.84 Å². The molecule has 0 amide bonds. The molecule has 1 atom stereocenters. The van der Waals surface area contributed by atoms with Gasteiger partial charge in [0.25, 0.3) is 0 Å². The molecule has 0 aliphatic heterocycles. The average Bonchev–Trinajstić information content (AvgIpc) is 2.93. The number of nitrogens with zero attached hydrogens (tertiary/aromatic N) is 2. The lowest BCUT2D eigenvalue weighted by molar-refractivity contribution is 0.504. The molecule has 0 radical (unpaired) electrons. The van der Waals surface area contributed by atoms with Gasteiger partial charge in [-0.3, -0.25) is 16.0 Å². The Bertz CT molecular complexity index is 550. The molecule has 20 heavy (non-hydrogen) atoms. The van der Waals surface area contributed by atoms with Crippen molar-refractivity contribution in [2.75, 3.05) is 6.26 Å². The number of nitrogens with two attached hydrogens (primary N) is 1. The molecule has 2 aromatic rings. The van der Waals surface area contributed by atoms with Crippen LogP contribution in [0.1, 0.15) is 37.2 Å². The van der Waals surface area contributed by atoms with Gasteiger partial charge in [0.1, 0.15) is 0 Å². The summed E-state index contributed by atoms with van der Waals surface area (Å²) in [7, 11) is 0. The fourth-order valence-corrected chi connectivity index (χ4v) is 2.86. The number of benzene rings is 1. The topological polar surface area (TPSA) is 55.9 Å². The third-order valence-electron chi connectivity index (χ3n) is 3.32. The van der Waals surface area contributed by atoms with E-state index in [2.05, 4.69) is 54.9 Å². The molecular weight excluding hydrogens is 268 g/mol. The highest BCUT2D eigenvalue weighted by atomic mass is 32.2. The number of aromatic nitrogens is 2. The third-order valence-corrected chi connectivity index (χ3v) is 4.13. The van der Waals surface area contributed by atoms with E-state index in [0.29, 0.717) is 6.04 Å². The normalized spacial score (nSPS) is 12.8. The molecule has 0 bridgehead atoms. The summed E-state index contributed by atoms with van der Waals surface area (Å²) in [5, 5.41) is 4.59. The average molecular weight is 290 g/mol. The summed E-state index contributed by atoms with van der Waals surface area (Å²) < 4.78 is 1.98. The Morgan fingerprint density at radius 1 is 1.30 bits per heavy atom. The standard InChI is InChI=1S/C15H22N4S/c1-11(2)19-9-8-12(18-19)10-14(17-16)13-6-4-5-7-15(13)20-3/h4-9,11,14,17H,10,16H2,1-3H3. The zero-order chi connectivity index (χ0) is 14.5. The first-order chi connectivity index (χ1) is 9.65. The summed E-state index contributed by atoms with van der Waals surface area (Å²) in [5.74, 6) is 5.75. The molecule has 4 nitrogen and oxygen atoms in total. The van der Waals surface area contributed by atoms with Gasteiger partial charge in [0.2, 0.25) is 0 Å². The van der Waals surface area contributed by atoms with Gasteiger partial charge in [-0.1, -0.05) is 18.2 Å². The minimum atomic E-state index is 0.0779. The second-order valence-corrected chi connectivity index (χ2v) is 5.89. The van der Waals surface area contributed by atoms with Crippen molar-refractivity contribution in [3.05, 3.63) is 47.8 Å². The Morgan fingerprint density at radius 2 is 2.05 bits per heavy atom. The van der Waals surface area contributed by atoms with Crippen LogP contribution in [0.4, 0.5) is 0 Å². The SMILES string of the molecule is CSc1ccccc1C(Cc1ccn(C(C)C)n1)NN. The van der Waals surface area contributed by atoms with Gasteiger partial charge in [-0.15, -0.1) is 11.8 Å². The number of hydrazine groups is 1. The highest BCUT2D eigenvalue weighted by Crippen LogP contribution is 2.27. The lowest BCUT2D eigenvalue weighted by Crippen LogP contribution is -2.30. The number of hydrogen-bond donors (Lipinski definition) is 2. The maximum absolute atomic E-state index is 5.75. The molecule has 0 saturated carbocycles. The molecule has 1 aromatic heterocycles. The molecule has 0 aliphatic carbocycles. The van der Waals surface area contributed by atoms with E-state index >= 15 is 0 Å². The van der Waals surface area contributed by atoms with E-state index in [9.17, 15) is 0 Å². The largest absolute Gasteiger partial charge is 0.271 e.